The molecule has 0 aromatic heterocycles. The van der Waals surface area contributed by atoms with Crippen molar-refractivity contribution in [2.45, 2.75) is 38.2 Å². The Labute approximate surface area is 110 Å². The molecule has 0 amide bonds. The average Bonchev–Trinajstić information content (AvgIpc) is 2.35. The fourth-order valence-corrected chi connectivity index (χ4v) is 2.04. The van der Waals surface area contributed by atoms with Gasteiger partial charge < -0.3 is 10.1 Å². The Balaban J connectivity index is 2.75. The van der Waals surface area contributed by atoms with E-state index in [2.05, 4.69) is 19.2 Å². The fourth-order valence-electron chi connectivity index (χ4n) is 2.04. The first-order valence-corrected chi connectivity index (χ1v) is 6.44. The van der Waals surface area contributed by atoms with Crippen LogP contribution in [0.25, 0.3) is 0 Å². The molecule has 0 aliphatic carbocycles. The summed E-state index contributed by atoms with van der Waals surface area (Å²) in [5.41, 5.74) is 0.635. The number of halogens is 1. The molecule has 18 heavy (non-hydrogen) atoms. The number of ether oxygens (including phenoxy) is 1. The summed E-state index contributed by atoms with van der Waals surface area (Å²) in [5, 5.41) is 3.14. The first kappa shape index (κ1) is 15.1. The van der Waals surface area contributed by atoms with Crippen molar-refractivity contribution in [3.05, 3.63) is 35.6 Å². The number of hydrogen-bond acceptors (Lipinski definition) is 2. The van der Waals surface area contributed by atoms with Gasteiger partial charge in [0.2, 0.25) is 0 Å². The number of benzene rings is 1. The molecule has 1 rings (SSSR count). The summed E-state index contributed by atoms with van der Waals surface area (Å²) in [6.45, 7) is 4.90. The molecule has 0 heterocycles. The molecule has 0 aliphatic heterocycles. The van der Waals surface area contributed by atoms with E-state index >= 15 is 0 Å². The molecule has 0 spiro atoms. The largest absolute Gasteiger partial charge is 0.379 e. The average molecular weight is 253 g/mol. The van der Waals surface area contributed by atoms with Crippen LogP contribution in [0, 0.1) is 5.82 Å². The van der Waals surface area contributed by atoms with E-state index in [1.54, 1.807) is 13.2 Å². The standard InChI is InChI=1S/C15H24FNO/c1-15(2,18-4)10-9-12(11-17-3)13-7-5-6-8-14(13)16/h5-8,12,17H,9-11H2,1-4H3. The van der Waals surface area contributed by atoms with Crippen LogP contribution in [0.15, 0.2) is 24.3 Å². The van der Waals surface area contributed by atoms with Crippen LogP contribution in [0.5, 0.6) is 0 Å². The number of likely N-dealkylation sites (N-methyl/N-ethyl adjacent to an activating group) is 1. The van der Waals surface area contributed by atoms with Crippen molar-refractivity contribution in [1.29, 1.82) is 0 Å². The fraction of sp³-hybridized carbons (Fsp3) is 0.600. The number of hydrogen-bond donors (Lipinski definition) is 1. The molecule has 1 atom stereocenters. The number of rotatable bonds is 7. The van der Waals surface area contributed by atoms with Gasteiger partial charge in [0.25, 0.3) is 0 Å². The third-order valence-electron chi connectivity index (χ3n) is 3.44. The van der Waals surface area contributed by atoms with Crippen molar-refractivity contribution >= 4 is 0 Å². The van der Waals surface area contributed by atoms with E-state index in [4.69, 9.17) is 4.74 Å². The third kappa shape index (κ3) is 4.39. The Bertz CT molecular complexity index is 365. The molecule has 1 unspecified atom stereocenters. The van der Waals surface area contributed by atoms with Crippen molar-refractivity contribution in [2.24, 2.45) is 0 Å². The molecule has 1 N–H and O–H groups in total. The van der Waals surface area contributed by atoms with Crippen LogP contribution < -0.4 is 5.32 Å². The Morgan fingerprint density at radius 3 is 2.56 bits per heavy atom. The van der Waals surface area contributed by atoms with E-state index in [0.29, 0.717) is 0 Å². The zero-order valence-electron chi connectivity index (χ0n) is 11.8. The first-order valence-electron chi connectivity index (χ1n) is 6.44. The molecule has 0 fully saturated rings. The van der Waals surface area contributed by atoms with Gasteiger partial charge in [-0.3, -0.25) is 0 Å². The maximum atomic E-state index is 13.8. The van der Waals surface area contributed by atoms with Crippen molar-refractivity contribution in [3.8, 4) is 0 Å². The summed E-state index contributed by atoms with van der Waals surface area (Å²) < 4.78 is 19.2. The Hall–Kier alpha value is -0.930. The number of nitrogens with one attached hydrogen (secondary N) is 1. The van der Waals surface area contributed by atoms with Crippen LogP contribution in [0.4, 0.5) is 4.39 Å². The van der Waals surface area contributed by atoms with Crippen molar-refractivity contribution in [1.82, 2.24) is 5.32 Å². The summed E-state index contributed by atoms with van der Waals surface area (Å²) >= 11 is 0. The highest BCUT2D eigenvalue weighted by Crippen LogP contribution is 2.27. The summed E-state index contributed by atoms with van der Waals surface area (Å²) in [4.78, 5) is 0. The first-order chi connectivity index (χ1) is 8.50. The maximum absolute atomic E-state index is 13.8. The van der Waals surface area contributed by atoms with Crippen LogP contribution in [0.2, 0.25) is 0 Å². The van der Waals surface area contributed by atoms with E-state index in [9.17, 15) is 4.39 Å². The minimum atomic E-state index is -0.156. The molecule has 0 bridgehead atoms. The second kappa shape index (κ2) is 6.86. The monoisotopic (exact) mass is 253 g/mol. The van der Waals surface area contributed by atoms with Crippen molar-refractivity contribution in [2.75, 3.05) is 20.7 Å². The third-order valence-corrected chi connectivity index (χ3v) is 3.44. The van der Waals surface area contributed by atoms with Crippen molar-refractivity contribution < 1.29 is 9.13 Å². The predicted molar refractivity (Wildman–Crippen MR) is 73.4 cm³/mol. The van der Waals surface area contributed by atoms with Crippen LogP contribution in [-0.4, -0.2) is 26.3 Å². The molecule has 0 aliphatic rings. The second-order valence-electron chi connectivity index (χ2n) is 5.28. The smallest absolute Gasteiger partial charge is 0.126 e. The minimum absolute atomic E-state index is 0.118. The van der Waals surface area contributed by atoms with Gasteiger partial charge in [0.1, 0.15) is 5.82 Å². The highest BCUT2D eigenvalue weighted by molar-refractivity contribution is 5.22. The molecule has 0 radical (unpaired) electrons. The normalized spacial score (nSPS) is 13.6. The van der Waals surface area contributed by atoms with E-state index in [1.165, 1.54) is 6.07 Å². The lowest BCUT2D eigenvalue weighted by Gasteiger charge is -2.26. The SMILES string of the molecule is CNCC(CCC(C)(C)OC)c1ccccc1F. The van der Waals surface area contributed by atoms with E-state index in [1.807, 2.05) is 19.2 Å². The van der Waals surface area contributed by atoms with Crippen molar-refractivity contribution in [3.63, 3.8) is 0 Å². The molecule has 1 aromatic carbocycles. The highest BCUT2D eigenvalue weighted by atomic mass is 19.1. The second-order valence-corrected chi connectivity index (χ2v) is 5.28. The summed E-state index contributed by atoms with van der Waals surface area (Å²) in [6, 6.07) is 7.02. The molecular weight excluding hydrogens is 229 g/mol. The summed E-state index contributed by atoms with van der Waals surface area (Å²) in [7, 11) is 3.62. The van der Waals surface area contributed by atoms with Gasteiger partial charge in [-0.2, -0.15) is 0 Å². The zero-order valence-corrected chi connectivity index (χ0v) is 11.8. The zero-order chi connectivity index (χ0) is 13.6. The van der Waals surface area contributed by atoms with Gasteiger partial charge in [-0.15, -0.1) is 0 Å². The van der Waals surface area contributed by atoms with Gasteiger partial charge in [-0.1, -0.05) is 18.2 Å². The van der Waals surface area contributed by atoms with Gasteiger partial charge in [0.15, 0.2) is 0 Å². The van der Waals surface area contributed by atoms with Gasteiger partial charge >= 0.3 is 0 Å². The van der Waals surface area contributed by atoms with Crippen LogP contribution in [0.3, 0.4) is 0 Å². The lowest BCUT2D eigenvalue weighted by molar-refractivity contribution is 0.0123. The highest BCUT2D eigenvalue weighted by Gasteiger charge is 2.21. The van der Waals surface area contributed by atoms with Gasteiger partial charge in [0.05, 0.1) is 5.60 Å². The topological polar surface area (TPSA) is 21.3 Å². The minimum Gasteiger partial charge on any atom is -0.379 e. The predicted octanol–water partition coefficient (Wildman–Crippen LogP) is 3.33. The molecular formula is C15H24FNO. The lowest BCUT2D eigenvalue weighted by Crippen LogP contribution is -2.25. The molecule has 0 saturated carbocycles. The molecule has 1 aromatic rings. The van der Waals surface area contributed by atoms with Gasteiger partial charge in [0, 0.05) is 13.7 Å². The summed E-state index contributed by atoms with van der Waals surface area (Å²) in [5.74, 6) is 0.0681. The molecule has 0 saturated heterocycles. The van der Waals surface area contributed by atoms with Crippen LogP contribution >= 0.6 is 0 Å². The quantitative estimate of drug-likeness (QED) is 0.804. The van der Waals surface area contributed by atoms with Gasteiger partial charge in [-0.05, 0) is 51.3 Å². The Kier molecular flexibility index (Phi) is 5.76. The number of methoxy groups -OCH3 is 1. The maximum Gasteiger partial charge on any atom is 0.126 e. The molecule has 3 heteroatoms. The summed E-state index contributed by atoms with van der Waals surface area (Å²) in [6.07, 6.45) is 1.81. The molecule has 102 valence electrons. The van der Waals surface area contributed by atoms with E-state index in [-0.39, 0.29) is 17.3 Å². The Morgan fingerprint density at radius 2 is 2.00 bits per heavy atom. The molecule has 2 nitrogen and oxygen atoms in total. The van der Waals surface area contributed by atoms with Gasteiger partial charge in [-0.25, -0.2) is 4.39 Å². The lowest BCUT2D eigenvalue weighted by atomic mass is 9.89. The van der Waals surface area contributed by atoms with Crippen LogP contribution in [-0.2, 0) is 4.74 Å². The van der Waals surface area contributed by atoms with E-state index in [0.717, 1.165) is 24.9 Å². The van der Waals surface area contributed by atoms with Crippen LogP contribution in [0.1, 0.15) is 38.2 Å². The Morgan fingerprint density at radius 1 is 1.33 bits per heavy atom. The van der Waals surface area contributed by atoms with E-state index < -0.39 is 0 Å².